The molecule has 0 aliphatic rings. The van der Waals surface area contributed by atoms with E-state index in [1.54, 1.807) is 0 Å². The van der Waals surface area contributed by atoms with E-state index in [1.807, 2.05) is 6.92 Å². The van der Waals surface area contributed by atoms with Gasteiger partial charge in [-0.25, -0.2) is 0 Å². The third-order valence-corrected chi connectivity index (χ3v) is 1.63. The van der Waals surface area contributed by atoms with Crippen LogP contribution in [0.5, 0.6) is 0 Å². The van der Waals surface area contributed by atoms with Crippen LogP contribution in [0, 0.1) is 5.41 Å². The van der Waals surface area contributed by atoms with E-state index in [1.165, 1.54) is 0 Å². The largest absolute Gasteiger partial charge is 0.372 e. The molecule has 0 saturated carbocycles. The van der Waals surface area contributed by atoms with E-state index < -0.39 is 0 Å². The maximum atomic E-state index is 5.17. The summed E-state index contributed by atoms with van der Waals surface area (Å²) >= 11 is 0. The lowest BCUT2D eigenvalue weighted by Crippen LogP contribution is -2.10. The summed E-state index contributed by atoms with van der Waals surface area (Å²) in [6.07, 6.45) is 0.822. The molecule has 14 heavy (non-hydrogen) atoms. The standard InChI is InChI=1S/C10H18N2O2/c1-5-13-7-9-11-8(12-14-9)6-10(2,3)4/h5-7H2,1-4H3. The molecule has 1 rings (SSSR count). The highest BCUT2D eigenvalue weighted by molar-refractivity contribution is 4.89. The second-order valence-electron chi connectivity index (χ2n) is 4.48. The van der Waals surface area contributed by atoms with Crippen LogP contribution in [0.2, 0.25) is 0 Å². The van der Waals surface area contributed by atoms with Crippen molar-refractivity contribution < 1.29 is 9.26 Å². The molecule has 0 aromatic carbocycles. The lowest BCUT2D eigenvalue weighted by molar-refractivity contribution is 0.109. The molecule has 1 aromatic rings. The summed E-state index contributed by atoms with van der Waals surface area (Å²) in [4.78, 5) is 4.23. The Bertz CT molecular complexity index is 276. The first-order chi connectivity index (χ1) is 6.51. The summed E-state index contributed by atoms with van der Waals surface area (Å²) in [6.45, 7) is 9.44. The van der Waals surface area contributed by atoms with Crippen LogP contribution in [0.1, 0.15) is 39.4 Å². The number of rotatable bonds is 4. The van der Waals surface area contributed by atoms with E-state index in [-0.39, 0.29) is 5.41 Å². The maximum absolute atomic E-state index is 5.17. The van der Waals surface area contributed by atoms with E-state index in [0.29, 0.717) is 19.1 Å². The second-order valence-corrected chi connectivity index (χ2v) is 4.48. The van der Waals surface area contributed by atoms with Crippen LogP contribution in [0.15, 0.2) is 4.52 Å². The highest BCUT2D eigenvalue weighted by Gasteiger charge is 2.15. The third-order valence-electron chi connectivity index (χ3n) is 1.63. The normalized spacial score (nSPS) is 12.0. The van der Waals surface area contributed by atoms with Crippen molar-refractivity contribution in [2.45, 2.75) is 40.7 Å². The van der Waals surface area contributed by atoms with E-state index in [0.717, 1.165) is 12.2 Å². The third kappa shape index (κ3) is 3.87. The Balaban J connectivity index is 2.51. The maximum Gasteiger partial charge on any atom is 0.252 e. The molecule has 0 N–H and O–H groups in total. The zero-order valence-electron chi connectivity index (χ0n) is 9.33. The molecule has 1 aromatic heterocycles. The molecule has 0 aliphatic carbocycles. The van der Waals surface area contributed by atoms with Gasteiger partial charge in [0.25, 0.3) is 5.89 Å². The molecule has 4 nitrogen and oxygen atoms in total. The molecule has 1 heterocycles. The molecule has 0 aliphatic heterocycles. The first-order valence-electron chi connectivity index (χ1n) is 4.90. The smallest absolute Gasteiger partial charge is 0.252 e. The number of ether oxygens (including phenoxy) is 1. The Morgan fingerprint density at radius 1 is 1.36 bits per heavy atom. The predicted octanol–water partition coefficient (Wildman–Crippen LogP) is 2.19. The van der Waals surface area contributed by atoms with Gasteiger partial charge in [-0.05, 0) is 12.3 Å². The van der Waals surface area contributed by atoms with Gasteiger partial charge in [0.1, 0.15) is 6.61 Å². The van der Waals surface area contributed by atoms with Gasteiger partial charge in [0.2, 0.25) is 0 Å². The molecular weight excluding hydrogens is 180 g/mol. The van der Waals surface area contributed by atoms with Crippen LogP contribution in [0.25, 0.3) is 0 Å². The summed E-state index contributed by atoms with van der Waals surface area (Å²) in [5.41, 5.74) is 0.187. The summed E-state index contributed by atoms with van der Waals surface area (Å²) in [5.74, 6) is 1.32. The lowest BCUT2D eigenvalue weighted by Gasteiger charge is -2.14. The molecule has 80 valence electrons. The van der Waals surface area contributed by atoms with Gasteiger partial charge in [0, 0.05) is 13.0 Å². The Hall–Kier alpha value is -0.900. The molecule has 0 amide bonds. The van der Waals surface area contributed by atoms with Crippen LogP contribution in [-0.2, 0) is 17.8 Å². The van der Waals surface area contributed by atoms with Crippen molar-refractivity contribution in [2.75, 3.05) is 6.61 Å². The van der Waals surface area contributed by atoms with Crippen molar-refractivity contribution >= 4 is 0 Å². The van der Waals surface area contributed by atoms with Gasteiger partial charge in [0.15, 0.2) is 5.82 Å². The highest BCUT2D eigenvalue weighted by Crippen LogP contribution is 2.18. The average molecular weight is 198 g/mol. The number of nitrogens with zero attached hydrogens (tertiary/aromatic N) is 2. The molecule has 0 spiro atoms. The quantitative estimate of drug-likeness (QED) is 0.744. The fourth-order valence-electron chi connectivity index (χ4n) is 1.08. The van der Waals surface area contributed by atoms with E-state index >= 15 is 0 Å². The SMILES string of the molecule is CCOCc1nc(CC(C)(C)C)no1. The minimum Gasteiger partial charge on any atom is -0.372 e. The summed E-state index contributed by atoms with van der Waals surface area (Å²) < 4.78 is 10.2. The number of aromatic nitrogens is 2. The Labute approximate surface area is 84.6 Å². The topological polar surface area (TPSA) is 48.2 Å². The Morgan fingerprint density at radius 2 is 2.07 bits per heavy atom. The molecule has 0 fully saturated rings. The van der Waals surface area contributed by atoms with E-state index in [9.17, 15) is 0 Å². The van der Waals surface area contributed by atoms with Gasteiger partial charge in [0.05, 0.1) is 0 Å². The minimum absolute atomic E-state index is 0.187. The average Bonchev–Trinajstić information content (AvgIpc) is 2.46. The van der Waals surface area contributed by atoms with E-state index in [2.05, 4.69) is 30.9 Å². The fraction of sp³-hybridized carbons (Fsp3) is 0.800. The Morgan fingerprint density at radius 3 is 2.64 bits per heavy atom. The molecule has 0 radical (unpaired) electrons. The molecule has 0 saturated heterocycles. The molecule has 0 bridgehead atoms. The van der Waals surface area contributed by atoms with Gasteiger partial charge in [-0.1, -0.05) is 25.9 Å². The summed E-state index contributed by atoms with van der Waals surface area (Å²) in [7, 11) is 0. The number of hydrogen-bond acceptors (Lipinski definition) is 4. The van der Waals surface area contributed by atoms with Crippen LogP contribution < -0.4 is 0 Å². The molecule has 0 atom stereocenters. The van der Waals surface area contributed by atoms with Crippen molar-refractivity contribution in [3.63, 3.8) is 0 Å². The van der Waals surface area contributed by atoms with Crippen LogP contribution in [-0.4, -0.2) is 16.7 Å². The van der Waals surface area contributed by atoms with Gasteiger partial charge in [-0.15, -0.1) is 0 Å². The van der Waals surface area contributed by atoms with Crippen LogP contribution in [0.3, 0.4) is 0 Å². The Kier molecular flexibility index (Phi) is 3.63. The van der Waals surface area contributed by atoms with E-state index in [4.69, 9.17) is 9.26 Å². The summed E-state index contributed by atoms with van der Waals surface area (Å²) in [5, 5.41) is 3.89. The van der Waals surface area contributed by atoms with Crippen molar-refractivity contribution in [2.24, 2.45) is 5.41 Å². The van der Waals surface area contributed by atoms with Gasteiger partial charge >= 0.3 is 0 Å². The lowest BCUT2D eigenvalue weighted by atomic mass is 9.92. The van der Waals surface area contributed by atoms with Crippen molar-refractivity contribution in [1.82, 2.24) is 10.1 Å². The first kappa shape index (κ1) is 11.2. The minimum atomic E-state index is 0.187. The summed E-state index contributed by atoms with van der Waals surface area (Å²) in [6, 6.07) is 0. The zero-order chi connectivity index (χ0) is 10.6. The van der Waals surface area contributed by atoms with Crippen molar-refractivity contribution in [1.29, 1.82) is 0 Å². The monoisotopic (exact) mass is 198 g/mol. The predicted molar refractivity (Wildman–Crippen MR) is 52.8 cm³/mol. The molecule has 4 heteroatoms. The van der Waals surface area contributed by atoms with Gasteiger partial charge in [-0.3, -0.25) is 0 Å². The first-order valence-corrected chi connectivity index (χ1v) is 4.90. The van der Waals surface area contributed by atoms with Crippen LogP contribution in [0.4, 0.5) is 0 Å². The van der Waals surface area contributed by atoms with Crippen molar-refractivity contribution in [3.8, 4) is 0 Å². The van der Waals surface area contributed by atoms with Gasteiger partial charge in [-0.2, -0.15) is 4.98 Å². The van der Waals surface area contributed by atoms with Gasteiger partial charge < -0.3 is 9.26 Å². The zero-order valence-corrected chi connectivity index (χ0v) is 9.33. The highest BCUT2D eigenvalue weighted by atomic mass is 16.5. The fourth-order valence-corrected chi connectivity index (χ4v) is 1.08. The van der Waals surface area contributed by atoms with Crippen molar-refractivity contribution in [3.05, 3.63) is 11.7 Å². The second kappa shape index (κ2) is 4.55. The molecule has 0 unspecified atom stereocenters. The molecular formula is C10H18N2O2. The van der Waals surface area contributed by atoms with Crippen LogP contribution >= 0.6 is 0 Å². The number of hydrogen-bond donors (Lipinski definition) is 0.